The van der Waals surface area contributed by atoms with E-state index in [9.17, 15) is 0 Å². The summed E-state index contributed by atoms with van der Waals surface area (Å²) in [6, 6.07) is 19.7. The first-order valence-electron chi connectivity index (χ1n) is 14.9. The van der Waals surface area contributed by atoms with Gasteiger partial charge in [0.05, 0.1) is 29.1 Å². The number of hydrazone groups is 1. The number of likely N-dealkylation sites (N-methyl/N-ethyl adjacent to an activating group) is 1. The molecule has 1 N–H and O–H groups in total. The zero-order valence-electron chi connectivity index (χ0n) is 24.3. The summed E-state index contributed by atoms with van der Waals surface area (Å²) in [4.78, 5) is 17.4. The van der Waals surface area contributed by atoms with Crippen LogP contribution >= 0.6 is 11.3 Å². The minimum absolute atomic E-state index is 0.105. The fourth-order valence-corrected chi connectivity index (χ4v) is 7.22. The molecule has 0 saturated carbocycles. The zero-order chi connectivity index (χ0) is 28.5. The lowest BCUT2D eigenvalue weighted by Gasteiger charge is -2.42. The van der Waals surface area contributed by atoms with Crippen LogP contribution in [-0.2, 0) is 0 Å². The number of ether oxygens (including phenoxy) is 1. The van der Waals surface area contributed by atoms with Crippen LogP contribution in [-0.4, -0.2) is 85.5 Å². The van der Waals surface area contributed by atoms with Gasteiger partial charge in [-0.15, -0.1) is 11.3 Å². The van der Waals surface area contributed by atoms with Gasteiger partial charge in [0.25, 0.3) is 0 Å². The van der Waals surface area contributed by atoms with Crippen LogP contribution in [0, 0.1) is 0 Å². The molecule has 0 aliphatic carbocycles. The molecule has 1 unspecified atom stereocenters. The number of anilines is 4. The number of hydrogen-bond acceptors (Lipinski definition) is 10. The Morgan fingerprint density at radius 1 is 0.929 bits per heavy atom. The van der Waals surface area contributed by atoms with Crippen molar-refractivity contribution in [1.29, 1.82) is 0 Å². The standard InChI is InChI=1S/C32H38N8OS/c1-37-17-19-39(20-18-37)24-11-15-38(16-12-24)25-8-9-26(29(22-25)41-2)34-32-35-27-13-21-42-30(27)31(36-32)40-28(10-14-33-40)23-6-4-3-5-7-23/h3-9,13-14,21-22,24,28H,10-12,15-20H2,1-2H3,(H,34,35,36). The number of piperazine rings is 1. The first-order chi connectivity index (χ1) is 20.7. The molecule has 3 aliphatic rings. The fourth-order valence-electron chi connectivity index (χ4n) is 6.41. The summed E-state index contributed by atoms with van der Waals surface area (Å²) in [5, 5.41) is 12.3. The Hall–Kier alpha value is -3.73. The molecular weight excluding hydrogens is 544 g/mol. The quantitative estimate of drug-likeness (QED) is 0.302. The SMILES string of the molecule is COc1cc(N2CCC(N3CCN(C)CC3)CC2)ccc1Nc1nc(N2N=CCC2c2ccccc2)c2sccc2n1. The molecule has 0 bridgehead atoms. The van der Waals surface area contributed by atoms with Crippen LogP contribution in [0.2, 0.25) is 0 Å². The highest BCUT2D eigenvalue weighted by molar-refractivity contribution is 7.17. The number of methoxy groups -OCH3 is 1. The minimum atomic E-state index is 0.105. The number of aromatic nitrogens is 2. The third-order valence-corrected chi connectivity index (χ3v) is 9.73. The van der Waals surface area contributed by atoms with Gasteiger partial charge in [0.15, 0.2) is 5.82 Å². The van der Waals surface area contributed by atoms with Crippen molar-refractivity contribution in [2.75, 3.05) is 68.7 Å². The molecule has 2 fully saturated rings. The molecule has 9 nitrogen and oxygen atoms in total. The number of nitrogens with one attached hydrogen (secondary N) is 1. The number of nitrogens with zero attached hydrogens (tertiary/aromatic N) is 7. The number of rotatable bonds is 7. The maximum absolute atomic E-state index is 5.86. The maximum Gasteiger partial charge on any atom is 0.229 e. The van der Waals surface area contributed by atoms with E-state index < -0.39 is 0 Å². The summed E-state index contributed by atoms with van der Waals surface area (Å²) in [6.45, 7) is 6.85. The molecule has 2 aromatic heterocycles. The van der Waals surface area contributed by atoms with Crippen molar-refractivity contribution < 1.29 is 4.74 Å². The van der Waals surface area contributed by atoms with E-state index in [2.05, 4.69) is 74.9 Å². The van der Waals surface area contributed by atoms with Crippen molar-refractivity contribution in [3.8, 4) is 5.75 Å². The molecule has 1 atom stereocenters. The monoisotopic (exact) mass is 582 g/mol. The average Bonchev–Trinajstić information content (AvgIpc) is 3.72. The van der Waals surface area contributed by atoms with E-state index >= 15 is 0 Å². The molecule has 4 aromatic rings. The highest BCUT2D eigenvalue weighted by Crippen LogP contribution is 2.39. The predicted octanol–water partition coefficient (Wildman–Crippen LogP) is 5.60. The number of hydrogen-bond donors (Lipinski definition) is 1. The summed E-state index contributed by atoms with van der Waals surface area (Å²) in [5.74, 6) is 2.13. The van der Waals surface area contributed by atoms with E-state index in [0.29, 0.717) is 12.0 Å². The van der Waals surface area contributed by atoms with Gasteiger partial charge in [0.2, 0.25) is 5.95 Å². The largest absolute Gasteiger partial charge is 0.494 e. The number of fused-ring (bicyclic) bond motifs is 1. The molecule has 5 heterocycles. The lowest BCUT2D eigenvalue weighted by molar-refractivity contribution is 0.0982. The topological polar surface area (TPSA) is 72.4 Å². The Labute approximate surface area is 251 Å². The second kappa shape index (κ2) is 11.9. The lowest BCUT2D eigenvalue weighted by Crippen LogP contribution is -2.52. The Bertz CT molecular complexity index is 1540. The van der Waals surface area contributed by atoms with Gasteiger partial charge in [-0.05, 0) is 49.0 Å². The van der Waals surface area contributed by atoms with Crippen molar-refractivity contribution in [1.82, 2.24) is 19.8 Å². The highest BCUT2D eigenvalue weighted by atomic mass is 32.1. The van der Waals surface area contributed by atoms with E-state index in [4.69, 9.17) is 19.8 Å². The van der Waals surface area contributed by atoms with Crippen LogP contribution in [0.5, 0.6) is 5.75 Å². The summed E-state index contributed by atoms with van der Waals surface area (Å²) < 4.78 is 6.89. The van der Waals surface area contributed by atoms with E-state index in [0.717, 1.165) is 47.0 Å². The summed E-state index contributed by atoms with van der Waals surface area (Å²) in [6.07, 6.45) is 5.21. The van der Waals surface area contributed by atoms with Gasteiger partial charge in [-0.3, -0.25) is 4.90 Å². The van der Waals surface area contributed by atoms with E-state index in [1.807, 2.05) is 23.4 Å². The third kappa shape index (κ3) is 5.42. The molecule has 7 rings (SSSR count). The van der Waals surface area contributed by atoms with Crippen molar-refractivity contribution in [2.24, 2.45) is 5.10 Å². The predicted molar refractivity (Wildman–Crippen MR) is 173 cm³/mol. The van der Waals surface area contributed by atoms with E-state index in [1.54, 1.807) is 18.4 Å². The number of benzene rings is 2. The van der Waals surface area contributed by atoms with Crippen LogP contribution in [0.15, 0.2) is 65.1 Å². The van der Waals surface area contributed by atoms with Crippen molar-refractivity contribution in [3.05, 3.63) is 65.5 Å². The molecule has 2 saturated heterocycles. The average molecular weight is 583 g/mol. The van der Waals surface area contributed by atoms with Crippen LogP contribution in [0.1, 0.15) is 30.9 Å². The van der Waals surface area contributed by atoms with Gasteiger partial charge in [0.1, 0.15) is 5.75 Å². The molecule has 0 spiro atoms. The summed E-state index contributed by atoms with van der Waals surface area (Å²) in [5.41, 5.74) is 4.16. The molecule has 0 amide bonds. The van der Waals surface area contributed by atoms with Gasteiger partial charge < -0.3 is 19.9 Å². The van der Waals surface area contributed by atoms with Crippen molar-refractivity contribution in [2.45, 2.75) is 31.3 Å². The number of piperidine rings is 1. The Kier molecular flexibility index (Phi) is 7.67. The molecule has 2 aromatic carbocycles. The molecule has 0 radical (unpaired) electrons. The Morgan fingerprint density at radius 3 is 2.52 bits per heavy atom. The van der Waals surface area contributed by atoms with E-state index in [-0.39, 0.29) is 6.04 Å². The second-order valence-corrected chi connectivity index (χ2v) is 12.3. The van der Waals surface area contributed by atoms with Gasteiger partial charge in [-0.25, -0.2) is 9.99 Å². The van der Waals surface area contributed by atoms with Crippen molar-refractivity contribution >= 4 is 50.9 Å². The van der Waals surface area contributed by atoms with Crippen LogP contribution in [0.3, 0.4) is 0 Å². The summed E-state index contributed by atoms with van der Waals surface area (Å²) in [7, 11) is 3.95. The van der Waals surface area contributed by atoms with Crippen LogP contribution < -0.4 is 20.0 Å². The van der Waals surface area contributed by atoms with Gasteiger partial charge >= 0.3 is 0 Å². The smallest absolute Gasteiger partial charge is 0.229 e. The Morgan fingerprint density at radius 2 is 1.74 bits per heavy atom. The zero-order valence-corrected chi connectivity index (χ0v) is 25.1. The first kappa shape index (κ1) is 27.1. The normalized spacial score (nSPS) is 20.5. The van der Waals surface area contributed by atoms with Crippen LogP contribution in [0.4, 0.5) is 23.1 Å². The molecule has 218 valence electrons. The van der Waals surface area contributed by atoms with E-state index in [1.165, 1.54) is 50.3 Å². The highest BCUT2D eigenvalue weighted by Gasteiger charge is 2.29. The summed E-state index contributed by atoms with van der Waals surface area (Å²) >= 11 is 1.64. The van der Waals surface area contributed by atoms with Gasteiger partial charge in [-0.2, -0.15) is 10.1 Å². The third-order valence-electron chi connectivity index (χ3n) is 8.83. The number of thiophene rings is 1. The second-order valence-electron chi connectivity index (χ2n) is 11.4. The first-order valence-corrected chi connectivity index (χ1v) is 15.8. The van der Waals surface area contributed by atoms with Gasteiger partial charge in [0, 0.05) is 69.7 Å². The molecular formula is C32H38N8OS. The van der Waals surface area contributed by atoms with Crippen LogP contribution in [0.25, 0.3) is 10.2 Å². The Balaban J connectivity index is 1.09. The van der Waals surface area contributed by atoms with Gasteiger partial charge in [-0.1, -0.05) is 30.3 Å². The minimum Gasteiger partial charge on any atom is -0.494 e. The molecule has 10 heteroatoms. The molecule has 3 aliphatic heterocycles. The fraction of sp³-hybridized carbons (Fsp3) is 0.406. The molecule has 42 heavy (non-hydrogen) atoms. The maximum atomic E-state index is 5.86. The lowest BCUT2D eigenvalue weighted by atomic mass is 10.0. The van der Waals surface area contributed by atoms with Crippen molar-refractivity contribution in [3.63, 3.8) is 0 Å².